The number of β-lactam (4-membered cyclic amide) rings is 1. The summed E-state index contributed by atoms with van der Waals surface area (Å²) in [5.41, 5.74) is 0. The molecule has 2 fully saturated rings. The van der Waals surface area contributed by atoms with Crippen molar-refractivity contribution in [3.8, 4) is 0 Å². The molecule has 0 bridgehead atoms. The Labute approximate surface area is 154 Å². The van der Waals surface area contributed by atoms with E-state index in [9.17, 15) is 18.0 Å². The molecular weight excluding hydrogens is 386 g/mol. The number of carbonyl (C=O) groups excluding carboxylic acids is 2. The van der Waals surface area contributed by atoms with Crippen LogP contribution in [0.2, 0.25) is 0 Å². The van der Waals surface area contributed by atoms with Crippen LogP contribution in [0.15, 0.2) is 5.16 Å². The lowest BCUT2D eigenvalue weighted by atomic mass is 10.0. The Bertz CT molecular complexity index is 811. The van der Waals surface area contributed by atoms with E-state index in [2.05, 4.69) is 15.5 Å². The molecule has 0 radical (unpaired) electrons. The number of nitrogens with zero attached hydrogens (tertiary/aromatic N) is 7. The van der Waals surface area contributed by atoms with Crippen LogP contribution in [0, 0.1) is 0 Å². The van der Waals surface area contributed by atoms with Gasteiger partial charge in [-0.15, -0.1) is 5.10 Å². The molecule has 0 aromatic carbocycles. The van der Waals surface area contributed by atoms with E-state index in [1.807, 2.05) is 19.0 Å². The molecule has 2 aliphatic rings. The van der Waals surface area contributed by atoms with Crippen LogP contribution in [-0.2, 0) is 26.4 Å². The highest BCUT2D eigenvalue weighted by molar-refractivity contribution is 7.99. The van der Waals surface area contributed by atoms with Gasteiger partial charge in [-0.3, -0.25) is 14.1 Å². The molecule has 1 aromatic rings. The first-order valence-electron chi connectivity index (χ1n) is 7.84. The average Bonchev–Trinajstić information content (AvgIpc) is 3.13. The lowest BCUT2D eigenvalue weighted by Gasteiger charge is -2.42. The van der Waals surface area contributed by atoms with Crippen LogP contribution in [0.5, 0.6) is 0 Å². The van der Waals surface area contributed by atoms with E-state index in [0.717, 1.165) is 18.3 Å². The van der Waals surface area contributed by atoms with Crippen molar-refractivity contribution < 1.29 is 22.6 Å². The molecule has 2 saturated heterocycles. The van der Waals surface area contributed by atoms with Gasteiger partial charge in [-0.1, -0.05) is 11.8 Å². The van der Waals surface area contributed by atoms with Crippen LogP contribution in [-0.4, -0.2) is 104 Å². The molecule has 2 aliphatic heterocycles. The second kappa shape index (κ2) is 7.09. The second-order valence-corrected chi connectivity index (χ2v) is 8.51. The standard InChI is InChI=1S/C12H19N7O5S2/c1-16(2)5-6-18-12(13-14-15-18)25-7-9(20)17-4-3-8-10(17)11(21)19(8)26(22,23)24/h8,10H,3-7H2,1-2H3,(H,22,23,24)/t8-,10+/m1/s1. The predicted molar refractivity (Wildman–Crippen MR) is 89.4 cm³/mol. The summed E-state index contributed by atoms with van der Waals surface area (Å²) in [4.78, 5) is 27.8. The molecule has 1 N–H and O–H groups in total. The van der Waals surface area contributed by atoms with Crippen LogP contribution in [0.1, 0.15) is 6.42 Å². The number of likely N-dealkylation sites (tertiary alicyclic amines) is 1. The van der Waals surface area contributed by atoms with Crippen molar-refractivity contribution in [2.24, 2.45) is 0 Å². The van der Waals surface area contributed by atoms with Crippen LogP contribution in [0.25, 0.3) is 0 Å². The van der Waals surface area contributed by atoms with Crippen molar-refractivity contribution in [3.63, 3.8) is 0 Å². The van der Waals surface area contributed by atoms with Gasteiger partial charge in [0.2, 0.25) is 11.1 Å². The smallest absolute Gasteiger partial charge is 0.328 e. The first-order valence-corrected chi connectivity index (χ1v) is 10.2. The summed E-state index contributed by atoms with van der Waals surface area (Å²) >= 11 is 1.16. The van der Waals surface area contributed by atoms with Gasteiger partial charge < -0.3 is 9.80 Å². The van der Waals surface area contributed by atoms with Crippen molar-refractivity contribution in [2.75, 3.05) is 32.9 Å². The molecule has 0 spiro atoms. The molecule has 3 rings (SSSR count). The number of likely N-dealkylation sites (N-methyl/N-ethyl adjacent to an activating group) is 1. The molecule has 144 valence electrons. The number of carbonyl (C=O) groups is 2. The number of fused-ring (bicyclic) bond motifs is 1. The van der Waals surface area contributed by atoms with Crippen LogP contribution < -0.4 is 0 Å². The maximum Gasteiger partial charge on any atom is 0.362 e. The lowest BCUT2D eigenvalue weighted by Crippen LogP contribution is -2.68. The molecule has 1 aromatic heterocycles. The fourth-order valence-corrected chi connectivity index (χ4v) is 4.73. The third kappa shape index (κ3) is 3.54. The Morgan fingerprint density at radius 3 is 2.81 bits per heavy atom. The zero-order valence-corrected chi connectivity index (χ0v) is 15.9. The molecule has 12 nitrogen and oxygen atoms in total. The molecular formula is C12H19N7O5S2. The summed E-state index contributed by atoms with van der Waals surface area (Å²) < 4.78 is 33.5. The van der Waals surface area contributed by atoms with Gasteiger partial charge >= 0.3 is 10.3 Å². The van der Waals surface area contributed by atoms with E-state index < -0.39 is 28.3 Å². The quantitative estimate of drug-likeness (QED) is 0.306. The second-order valence-electron chi connectivity index (χ2n) is 6.28. The molecule has 2 atom stereocenters. The van der Waals surface area contributed by atoms with Crippen molar-refractivity contribution in [3.05, 3.63) is 0 Å². The third-order valence-electron chi connectivity index (χ3n) is 4.29. The van der Waals surface area contributed by atoms with Gasteiger partial charge in [0.15, 0.2) is 0 Å². The first kappa shape index (κ1) is 19.0. The molecule has 0 aliphatic carbocycles. The number of rotatable bonds is 7. The number of amides is 2. The Morgan fingerprint density at radius 2 is 2.15 bits per heavy atom. The lowest BCUT2D eigenvalue weighted by molar-refractivity contribution is -0.150. The minimum Gasteiger partial charge on any atom is -0.328 e. The molecule has 0 unspecified atom stereocenters. The van der Waals surface area contributed by atoms with Crippen molar-refractivity contribution >= 4 is 33.9 Å². The predicted octanol–water partition coefficient (Wildman–Crippen LogP) is -2.06. The summed E-state index contributed by atoms with van der Waals surface area (Å²) in [6.07, 6.45) is 0.313. The van der Waals surface area contributed by atoms with Crippen molar-refractivity contribution in [1.82, 2.24) is 34.3 Å². The van der Waals surface area contributed by atoms with E-state index in [0.29, 0.717) is 22.4 Å². The average molecular weight is 405 g/mol. The number of hydrogen-bond donors (Lipinski definition) is 1. The van der Waals surface area contributed by atoms with E-state index in [1.54, 1.807) is 4.68 Å². The monoisotopic (exact) mass is 405 g/mol. The highest BCUT2D eigenvalue weighted by Gasteiger charge is 2.59. The summed E-state index contributed by atoms with van der Waals surface area (Å²) in [5, 5.41) is 11.9. The number of tetrazole rings is 1. The Balaban J connectivity index is 1.58. The van der Waals surface area contributed by atoms with E-state index in [-0.39, 0.29) is 18.2 Å². The zero-order valence-electron chi connectivity index (χ0n) is 14.2. The van der Waals surface area contributed by atoms with Gasteiger partial charge in [-0.25, -0.2) is 8.99 Å². The Morgan fingerprint density at radius 1 is 1.42 bits per heavy atom. The summed E-state index contributed by atoms with van der Waals surface area (Å²) in [6, 6.07) is -1.51. The summed E-state index contributed by atoms with van der Waals surface area (Å²) in [5.74, 6) is -1.04. The van der Waals surface area contributed by atoms with Gasteiger partial charge in [0.25, 0.3) is 5.91 Å². The van der Waals surface area contributed by atoms with Gasteiger partial charge in [0.05, 0.1) is 18.3 Å². The molecule has 2 amide bonds. The molecule has 26 heavy (non-hydrogen) atoms. The van der Waals surface area contributed by atoms with Gasteiger partial charge in [0, 0.05) is 13.1 Å². The topological polar surface area (TPSA) is 142 Å². The number of thioether (sulfide) groups is 1. The Kier molecular flexibility index (Phi) is 5.18. The van der Waals surface area contributed by atoms with Gasteiger partial charge in [-0.05, 0) is 30.9 Å². The van der Waals surface area contributed by atoms with Crippen molar-refractivity contribution in [2.45, 2.75) is 30.2 Å². The fraction of sp³-hybridized carbons (Fsp3) is 0.750. The highest BCUT2D eigenvalue weighted by atomic mass is 32.2. The minimum absolute atomic E-state index is 0.0325. The number of aromatic nitrogens is 4. The normalized spacial score (nSPS) is 22.7. The van der Waals surface area contributed by atoms with Gasteiger partial charge in [0.1, 0.15) is 6.04 Å². The highest BCUT2D eigenvalue weighted by Crippen LogP contribution is 2.36. The van der Waals surface area contributed by atoms with E-state index >= 15 is 0 Å². The third-order valence-corrected chi connectivity index (χ3v) is 6.18. The molecule has 3 heterocycles. The maximum absolute atomic E-state index is 12.4. The van der Waals surface area contributed by atoms with E-state index in [1.165, 1.54) is 4.90 Å². The Hall–Kier alpha value is -1.77. The largest absolute Gasteiger partial charge is 0.362 e. The summed E-state index contributed by atoms with van der Waals surface area (Å²) in [7, 11) is -0.725. The zero-order chi connectivity index (χ0) is 19.1. The number of hydrogen-bond acceptors (Lipinski definition) is 9. The SMILES string of the molecule is CN(C)CCn1nnnc1SCC(=O)N1CC[C@@H]2[C@H]1C(=O)N2S(=O)(=O)O. The summed E-state index contributed by atoms with van der Waals surface area (Å²) in [6.45, 7) is 1.58. The minimum atomic E-state index is -4.58. The van der Waals surface area contributed by atoms with Crippen LogP contribution in [0.3, 0.4) is 0 Å². The maximum atomic E-state index is 12.4. The molecule has 14 heteroatoms. The van der Waals surface area contributed by atoms with Crippen LogP contribution in [0.4, 0.5) is 0 Å². The fourth-order valence-electron chi connectivity index (χ4n) is 3.04. The van der Waals surface area contributed by atoms with E-state index in [4.69, 9.17) is 4.55 Å². The first-order chi connectivity index (χ1) is 12.2. The van der Waals surface area contributed by atoms with Crippen molar-refractivity contribution in [1.29, 1.82) is 0 Å². The molecule has 0 saturated carbocycles. The van der Waals surface area contributed by atoms with Crippen LogP contribution >= 0.6 is 11.8 Å². The van der Waals surface area contributed by atoms with Gasteiger partial charge in [-0.2, -0.15) is 8.42 Å².